The van der Waals surface area contributed by atoms with Crippen LogP contribution in [0.2, 0.25) is 0 Å². The van der Waals surface area contributed by atoms with E-state index in [9.17, 15) is 31.1 Å². The maximum atomic E-state index is 14.0. The smallest absolute Gasteiger partial charge is 0.243 e. The lowest BCUT2D eigenvalue weighted by molar-refractivity contribution is 0.0186. The molecule has 3 heterocycles. The molecule has 1 fully saturated rings. The topological polar surface area (TPSA) is 97.6 Å². The molecule has 8 nitrogen and oxygen atoms in total. The number of pyridine rings is 1. The van der Waals surface area contributed by atoms with Gasteiger partial charge in [0, 0.05) is 30.8 Å². The van der Waals surface area contributed by atoms with Crippen molar-refractivity contribution in [1.29, 1.82) is 0 Å². The van der Waals surface area contributed by atoms with Gasteiger partial charge in [0.1, 0.15) is 17.7 Å². The number of sulfonamides is 1. The molecule has 2 aliphatic rings. The number of nitrogens with zero attached hydrogens (tertiary/aromatic N) is 4. The maximum absolute atomic E-state index is 14.0. The monoisotopic (exact) mass is 600 g/mol. The van der Waals surface area contributed by atoms with Crippen LogP contribution in [0.1, 0.15) is 29.5 Å². The Balaban J connectivity index is 1.46. The van der Waals surface area contributed by atoms with Gasteiger partial charge in [-0.05, 0) is 66.9 Å². The molecule has 0 radical (unpaired) electrons. The van der Waals surface area contributed by atoms with Gasteiger partial charge in [-0.2, -0.15) is 9.40 Å². The Morgan fingerprint density at radius 3 is 2.45 bits per heavy atom. The van der Waals surface area contributed by atoms with Gasteiger partial charge >= 0.3 is 0 Å². The Labute approximate surface area is 238 Å². The number of aliphatic hydroxyl groups excluding tert-OH is 1. The van der Waals surface area contributed by atoms with Crippen molar-refractivity contribution < 1.29 is 35.8 Å². The summed E-state index contributed by atoms with van der Waals surface area (Å²) < 4.78 is 90.5. The lowest BCUT2D eigenvalue weighted by atomic mass is 9.64. The molecular weight excluding hydrogens is 576 g/mol. The predicted octanol–water partition coefficient (Wildman–Crippen LogP) is 4.59. The Kier molecular flexibility index (Phi) is 6.90. The van der Waals surface area contributed by atoms with Crippen molar-refractivity contribution in [2.45, 2.75) is 23.8 Å². The highest BCUT2D eigenvalue weighted by Crippen LogP contribution is 2.52. The summed E-state index contributed by atoms with van der Waals surface area (Å²) in [6, 6.07) is 9.81. The van der Waals surface area contributed by atoms with Gasteiger partial charge < -0.3 is 9.84 Å². The molecule has 1 N–H and O–H groups in total. The van der Waals surface area contributed by atoms with Crippen molar-refractivity contribution in [3.63, 3.8) is 0 Å². The van der Waals surface area contributed by atoms with Crippen molar-refractivity contribution in [3.05, 3.63) is 107 Å². The van der Waals surface area contributed by atoms with E-state index in [0.29, 0.717) is 40.4 Å². The van der Waals surface area contributed by atoms with Crippen LogP contribution in [-0.2, 0) is 16.4 Å². The Morgan fingerprint density at radius 1 is 1.05 bits per heavy atom. The highest BCUT2D eigenvalue weighted by molar-refractivity contribution is 7.89. The summed E-state index contributed by atoms with van der Waals surface area (Å²) in [6.45, 7) is -0.349. The molecule has 1 saturated heterocycles. The normalized spacial score (nSPS) is 19.5. The van der Waals surface area contributed by atoms with Crippen molar-refractivity contribution in [2.24, 2.45) is 5.41 Å². The van der Waals surface area contributed by atoms with E-state index < -0.39 is 49.7 Å². The van der Waals surface area contributed by atoms with E-state index in [1.807, 2.05) is 6.08 Å². The molecule has 0 saturated carbocycles. The maximum Gasteiger partial charge on any atom is 0.243 e. The fourth-order valence-electron chi connectivity index (χ4n) is 5.73. The molecule has 6 rings (SSSR count). The fourth-order valence-corrected chi connectivity index (χ4v) is 7.27. The molecule has 42 heavy (non-hydrogen) atoms. The van der Waals surface area contributed by atoms with Gasteiger partial charge in [0.05, 0.1) is 35.3 Å². The second-order valence-electron chi connectivity index (χ2n) is 10.3. The van der Waals surface area contributed by atoms with Crippen molar-refractivity contribution in [1.82, 2.24) is 19.1 Å². The second-order valence-corrected chi connectivity index (χ2v) is 12.2. The molecule has 13 heteroatoms. The zero-order chi connectivity index (χ0) is 29.8. The third-order valence-electron chi connectivity index (χ3n) is 7.89. The van der Waals surface area contributed by atoms with Crippen LogP contribution in [0.15, 0.2) is 71.4 Å². The first-order chi connectivity index (χ1) is 20.0. The standard InChI is InChI=1S/C29H24F4N4O4S/c1-41-21-6-8-34-25(11-21)28(38)29-14-17-15-35-37(20-4-2-19(30)3-5-20)26(17)10-18(29)7-9-36(16-29)42(39,40)22-12-23(31)27(33)24(32)13-22/h2-6,8,10-13,15,28,38H,7,9,14,16H2,1H3/t28-,29-/m0/s1. The third kappa shape index (κ3) is 4.57. The van der Waals surface area contributed by atoms with Crippen LogP contribution in [0.3, 0.4) is 0 Å². The molecule has 2 aromatic heterocycles. The van der Waals surface area contributed by atoms with E-state index in [0.717, 1.165) is 4.31 Å². The molecule has 1 aliphatic heterocycles. The number of fused-ring (bicyclic) bond motifs is 2. The number of benzene rings is 2. The zero-order valence-electron chi connectivity index (χ0n) is 22.1. The first kappa shape index (κ1) is 28.1. The highest BCUT2D eigenvalue weighted by atomic mass is 32.2. The quantitative estimate of drug-likeness (QED) is 0.257. The van der Waals surface area contributed by atoms with E-state index >= 15 is 0 Å². The van der Waals surface area contributed by atoms with E-state index in [1.165, 1.54) is 25.4 Å². The predicted molar refractivity (Wildman–Crippen MR) is 143 cm³/mol. The molecule has 0 amide bonds. The van der Waals surface area contributed by atoms with Crippen LogP contribution in [-0.4, -0.2) is 52.8 Å². The Morgan fingerprint density at radius 2 is 1.76 bits per heavy atom. The number of hydrogen-bond acceptors (Lipinski definition) is 6. The minimum atomic E-state index is -4.51. The summed E-state index contributed by atoms with van der Waals surface area (Å²) in [5.41, 5.74) is 1.66. The average Bonchev–Trinajstić information content (AvgIpc) is 3.40. The number of halogens is 4. The van der Waals surface area contributed by atoms with E-state index in [1.54, 1.807) is 35.1 Å². The van der Waals surface area contributed by atoms with Gasteiger partial charge in [0.2, 0.25) is 10.0 Å². The summed E-state index contributed by atoms with van der Waals surface area (Å²) in [7, 11) is -3.05. The summed E-state index contributed by atoms with van der Waals surface area (Å²) in [4.78, 5) is 3.58. The first-order valence-corrected chi connectivity index (χ1v) is 14.3. The summed E-state index contributed by atoms with van der Waals surface area (Å²) in [5.74, 6) is -5.00. The molecule has 4 aromatic rings. The Hall–Kier alpha value is -4.07. The number of aliphatic hydroxyl groups is 1. The molecule has 0 spiro atoms. The Bertz CT molecular complexity index is 1800. The molecule has 1 aliphatic carbocycles. The number of ether oxygens (including phenoxy) is 1. The zero-order valence-corrected chi connectivity index (χ0v) is 23.0. The van der Waals surface area contributed by atoms with Gasteiger partial charge in [0.25, 0.3) is 0 Å². The molecule has 218 valence electrons. The second kappa shape index (κ2) is 10.3. The summed E-state index contributed by atoms with van der Waals surface area (Å²) in [6.07, 6.45) is 3.84. The molecule has 2 aromatic carbocycles. The van der Waals surface area contributed by atoms with Crippen molar-refractivity contribution in [3.8, 4) is 11.4 Å². The molecule has 2 atom stereocenters. The number of aromatic nitrogens is 3. The van der Waals surface area contributed by atoms with Crippen LogP contribution in [0.4, 0.5) is 17.6 Å². The van der Waals surface area contributed by atoms with Crippen LogP contribution >= 0.6 is 0 Å². The summed E-state index contributed by atoms with van der Waals surface area (Å²) >= 11 is 0. The van der Waals surface area contributed by atoms with Gasteiger partial charge in [0.15, 0.2) is 17.5 Å². The van der Waals surface area contributed by atoms with Crippen molar-refractivity contribution >= 4 is 16.1 Å². The average molecular weight is 601 g/mol. The minimum absolute atomic E-state index is 0.0746. The van der Waals surface area contributed by atoms with Gasteiger partial charge in [-0.1, -0.05) is 5.57 Å². The molecule has 0 unspecified atom stereocenters. The van der Waals surface area contributed by atoms with Crippen LogP contribution in [0.25, 0.3) is 11.8 Å². The molecule has 0 bridgehead atoms. The summed E-state index contributed by atoms with van der Waals surface area (Å²) in [5, 5.41) is 16.4. The van der Waals surface area contributed by atoms with Crippen LogP contribution in [0, 0.1) is 28.7 Å². The first-order valence-electron chi connectivity index (χ1n) is 12.9. The number of piperidine rings is 1. The van der Waals surface area contributed by atoms with E-state index in [4.69, 9.17) is 4.74 Å². The van der Waals surface area contributed by atoms with Crippen molar-refractivity contribution in [2.75, 3.05) is 20.2 Å². The lowest BCUT2D eigenvalue weighted by Gasteiger charge is -2.48. The number of hydrogen-bond donors (Lipinski definition) is 1. The third-order valence-corrected chi connectivity index (χ3v) is 9.71. The van der Waals surface area contributed by atoms with E-state index in [-0.39, 0.29) is 31.6 Å². The van der Waals surface area contributed by atoms with Crippen LogP contribution < -0.4 is 4.74 Å². The highest BCUT2D eigenvalue weighted by Gasteiger charge is 2.51. The van der Waals surface area contributed by atoms with E-state index in [2.05, 4.69) is 10.1 Å². The van der Waals surface area contributed by atoms with Gasteiger partial charge in [-0.3, -0.25) is 4.98 Å². The van der Waals surface area contributed by atoms with Gasteiger partial charge in [-0.15, -0.1) is 0 Å². The largest absolute Gasteiger partial charge is 0.497 e. The SMILES string of the molecule is COc1ccnc([C@H](O)[C@]23Cc4cnn(-c5ccc(F)cc5)c4C=C2CCN(S(=O)(=O)c2cc(F)c(F)c(F)c2)C3)c1. The molecular formula is C29H24F4N4O4S. The minimum Gasteiger partial charge on any atom is -0.497 e. The lowest BCUT2D eigenvalue weighted by Crippen LogP contribution is -2.52. The number of methoxy groups -OCH3 is 1. The number of rotatable bonds is 6. The van der Waals surface area contributed by atoms with Crippen LogP contribution in [0.5, 0.6) is 5.75 Å². The fraction of sp³-hybridized carbons (Fsp3) is 0.241. The van der Waals surface area contributed by atoms with Gasteiger partial charge in [-0.25, -0.2) is 30.7 Å².